The van der Waals surface area contributed by atoms with Crippen molar-refractivity contribution in [2.75, 3.05) is 10.6 Å². The maximum atomic E-state index is 12.7. The van der Waals surface area contributed by atoms with Gasteiger partial charge in [0.15, 0.2) is 0 Å². The first-order valence-corrected chi connectivity index (χ1v) is 10.8. The zero-order valence-corrected chi connectivity index (χ0v) is 19.3. The van der Waals surface area contributed by atoms with Crippen LogP contribution in [0.3, 0.4) is 0 Å². The Hall–Kier alpha value is -3.84. The van der Waals surface area contributed by atoms with Crippen LogP contribution >= 0.6 is 11.6 Å². The summed E-state index contributed by atoms with van der Waals surface area (Å²) in [7, 11) is 0. The van der Waals surface area contributed by atoms with Gasteiger partial charge in [0.05, 0.1) is 0 Å². The van der Waals surface area contributed by atoms with Crippen LogP contribution in [0.15, 0.2) is 79.4 Å². The van der Waals surface area contributed by atoms with Gasteiger partial charge in [-0.15, -0.1) is 0 Å². The number of nitrogens with zero attached hydrogens (tertiary/aromatic N) is 3. The number of amides is 2. The van der Waals surface area contributed by atoms with Crippen molar-refractivity contribution < 1.29 is 9.53 Å². The molecule has 168 valence electrons. The number of hydrogen-bond acceptors (Lipinski definition) is 4. The Labute approximate surface area is 197 Å². The molecule has 0 atom stereocenters. The number of hydrogen-bond donors (Lipinski definition) is 2. The van der Waals surface area contributed by atoms with Gasteiger partial charge in [0.25, 0.3) is 0 Å². The van der Waals surface area contributed by atoms with Crippen molar-refractivity contribution in [2.45, 2.75) is 26.2 Å². The van der Waals surface area contributed by atoms with Crippen LogP contribution in [0.5, 0.6) is 11.6 Å². The number of anilines is 2. The number of ether oxygens (including phenoxy) is 1. The van der Waals surface area contributed by atoms with Crippen molar-refractivity contribution in [1.29, 1.82) is 0 Å². The third-order valence-electron chi connectivity index (χ3n) is 4.87. The summed E-state index contributed by atoms with van der Waals surface area (Å²) in [6.07, 6.45) is 5.11. The van der Waals surface area contributed by atoms with Crippen LogP contribution in [0.25, 0.3) is 5.82 Å². The van der Waals surface area contributed by atoms with Crippen LogP contribution in [0.4, 0.5) is 16.2 Å². The van der Waals surface area contributed by atoms with E-state index >= 15 is 0 Å². The molecule has 0 unspecified atom stereocenters. The molecule has 0 saturated heterocycles. The van der Waals surface area contributed by atoms with E-state index in [9.17, 15) is 4.79 Å². The number of benzene rings is 2. The van der Waals surface area contributed by atoms with Gasteiger partial charge in [-0.1, -0.05) is 50.6 Å². The average molecular weight is 462 g/mol. The Balaban J connectivity index is 1.66. The smallest absolute Gasteiger partial charge is 0.323 e. The highest BCUT2D eigenvalue weighted by Crippen LogP contribution is 2.36. The van der Waals surface area contributed by atoms with Crippen molar-refractivity contribution in [2.24, 2.45) is 0 Å². The third-order valence-corrected chi connectivity index (χ3v) is 5.12. The number of rotatable bonds is 5. The van der Waals surface area contributed by atoms with Gasteiger partial charge in [0.2, 0.25) is 5.88 Å². The lowest BCUT2D eigenvalue weighted by Crippen LogP contribution is -2.20. The number of aromatic nitrogens is 3. The summed E-state index contributed by atoms with van der Waals surface area (Å²) in [6, 6.07) is 17.8. The van der Waals surface area contributed by atoms with Crippen molar-refractivity contribution in [3.05, 3.63) is 90.0 Å². The Bertz CT molecular complexity index is 1250. The lowest BCUT2D eigenvalue weighted by atomic mass is 9.86. The van der Waals surface area contributed by atoms with Crippen molar-refractivity contribution in [3.8, 4) is 17.4 Å². The molecule has 0 aliphatic carbocycles. The van der Waals surface area contributed by atoms with E-state index in [4.69, 9.17) is 16.3 Å². The minimum atomic E-state index is -0.427. The predicted octanol–water partition coefficient (Wildman–Crippen LogP) is 6.65. The zero-order valence-electron chi connectivity index (χ0n) is 18.5. The lowest BCUT2D eigenvalue weighted by Gasteiger charge is -2.23. The fourth-order valence-corrected chi connectivity index (χ4v) is 3.37. The molecule has 2 N–H and O–H groups in total. The summed E-state index contributed by atoms with van der Waals surface area (Å²) < 4.78 is 8.03. The molecule has 7 nitrogen and oxygen atoms in total. The fourth-order valence-electron chi connectivity index (χ4n) is 3.24. The molecule has 4 rings (SSSR count). The topological polar surface area (TPSA) is 81.1 Å². The van der Waals surface area contributed by atoms with E-state index < -0.39 is 6.03 Å². The molecule has 0 fully saturated rings. The second-order valence-electron chi connectivity index (χ2n) is 8.43. The van der Waals surface area contributed by atoms with E-state index in [-0.39, 0.29) is 11.3 Å². The van der Waals surface area contributed by atoms with Gasteiger partial charge >= 0.3 is 6.03 Å². The predicted molar refractivity (Wildman–Crippen MR) is 131 cm³/mol. The van der Waals surface area contributed by atoms with E-state index in [2.05, 4.69) is 41.4 Å². The SMILES string of the molecule is CC(C)(C)c1ccccc1Oc1nc(-n2ccnc2)ccc1NC(=O)Nc1ccc(Cl)cc1. The van der Waals surface area contributed by atoms with Crippen molar-refractivity contribution in [3.63, 3.8) is 0 Å². The van der Waals surface area contributed by atoms with Gasteiger partial charge in [-0.2, -0.15) is 4.98 Å². The Kier molecular flexibility index (Phi) is 6.33. The van der Waals surface area contributed by atoms with Gasteiger partial charge in [-0.3, -0.25) is 4.57 Å². The second kappa shape index (κ2) is 9.34. The molecular weight excluding hydrogens is 438 g/mol. The highest BCUT2D eigenvalue weighted by Gasteiger charge is 2.21. The molecule has 33 heavy (non-hydrogen) atoms. The standard InChI is InChI=1S/C25H24ClN5O2/c1-25(2,3)19-6-4-5-7-21(19)33-23-20(12-13-22(30-23)31-15-14-27-16-31)29-24(32)28-18-10-8-17(26)9-11-18/h4-16H,1-3H3,(H2,28,29,32). The minimum absolute atomic E-state index is 0.141. The van der Waals surface area contributed by atoms with Crippen LogP contribution < -0.4 is 15.4 Å². The molecule has 8 heteroatoms. The quantitative estimate of drug-likeness (QED) is 0.348. The largest absolute Gasteiger partial charge is 0.437 e. The number of pyridine rings is 1. The summed E-state index contributed by atoms with van der Waals surface area (Å²) in [5, 5.41) is 6.20. The van der Waals surface area contributed by atoms with Gasteiger partial charge in [-0.25, -0.2) is 9.78 Å². The van der Waals surface area contributed by atoms with Gasteiger partial charge in [0.1, 0.15) is 23.6 Å². The highest BCUT2D eigenvalue weighted by atomic mass is 35.5. The molecule has 0 radical (unpaired) electrons. The number of imidazole rings is 1. The summed E-state index contributed by atoms with van der Waals surface area (Å²) in [4.78, 5) is 21.4. The van der Waals surface area contributed by atoms with Crippen LogP contribution in [-0.2, 0) is 5.41 Å². The van der Waals surface area contributed by atoms with E-state index in [1.807, 2.05) is 24.3 Å². The first kappa shape index (κ1) is 22.4. The molecule has 2 aromatic carbocycles. The molecule has 2 aromatic heterocycles. The van der Waals surface area contributed by atoms with E-state index in [1.165, 1.54) is 0 Å². The molecule has 0 saturated carbocycles. The molecule has 0 aliphatic rings. The highest BCUT2D eigenvalue weighted by molar-refractivity contribution is 6.30. The monoisotopic (exact) mass is 461 g/mol. The van der Waals surface area contributed by atoms with Crippen LogP contribution in [-0.4, -0.2) is 20.6 Å². The van der Waals surface area contributed by atoms with Gasteiger partial charge in [-0.05, 0) is 47.9 Å². The van der Waals surface area contributed by atoms with Gasteiger partial charge in [0, 0.05) is 28.7 Å². The molecule has 0 aliphatic heterocycles. The number of nitrogens with one attached hydrogen (secondary N) is 2. The maximum Gasteiger partial charge on any atom is 0.323 e. The second-order valence-corrected chi connectivity index (χ2v) is 8.86. The summed E-state index contributed by atoms with van der Waals surface area (Å²) >= 11 is 5.92. The Morgan fingerprint density at radius 2 is 1.76 bits per heavy atom. The Morgan fingerprint density at radius 1 is 1.00 bits per heavy atom. The average Bonchev–Trinajstić information content (AvgIpc) is 3.31. The molecular formula is C25H24ClN5O2. The summed E-state index contributed by atoms with van der Waals surface area (Å²) in [5.41, 5.74) is 1.92. The minimum Gasteiger partial charge on any atom is -0.437 e. The molecule has 2 heterocycles. The summed E-state index contributed by atoms with van der Waals surface area (Å²) in [5.74, 6) is 1.55. The lowest BCUT2D eigenvalue weighted by molar-refractivity contribution is 0.262. The third kappa shape index (κ3) is 5.51. The van der Waals surface area contributed by atoms with Crippen LogP contribution in [0.1, 0.15) is 26.3 Å². The van der Waals surface area contributed by atoms with Crippen LogP contribution in [0.2, 0.25) is 5.02 Å². The Morgan fingerprint density at radius 3 is 2.45 bits per heavy atom. The summed E-state index contributed by atoms with van der Waals surface area (Å²) in [6.45, 7) is 6.34. The molecule has 2 amide bonds. The number of para-hydroxylation sites is 1. The number of carbonyl (C=O) groups is 1. The number of halogens is 1. The van der Waals surface area contributed by atoms with Crippen molar-refractivity contribution in [1.82, 2.24) is 14.5 Å². The molecule has 4 aromatic rings. The normalized spacial score (nSPS) is 11.2. The van der Waals surface area contributed by atoms with Crippen LogP contribution in [0, 0.1) is 0 Å². The first-order chi connectivity index (χ1) is 15.8. The van der Waals surface area contributed by atoms with E-state index in [1.54, 1.807) is 59.7 Å². The number of urea groups is 1. The molecule has 0 bridgehead atoms. The number of carbonyl (C=O) groups excluding carboxylic acids is 1. The zero-order chi connectivity index (χ0) is 23.4. The van der Waals surface area contributed by atoms with E-state index in [0.717, 1.165) is 5.56 Å². The fraction of sp³-hybridized carbons (Fsp3) is 0.160. The first-order valence-electron chi connectivity index (χ1n) is 10.4. The van der Waals surface area contributed by atoms with Gasteiger partial charge < -0.3 is 15.4 Å². The molecule has 0 spiro atoms. The van der Waals surface area contributed by atoms with E-state index in [0.29, 0.717) is 28.0 Å². The maximum absolute atomic E-state index is 12.7. The van der Waals surface area contributed by atoms with Crippen molar-refractivity contribution >= 4 is 29.0 Å².